The van der Waals surface area contributed by atoms with Crippen LogP contribution in [0.25, 0.3) is 11.1 Å². The van der Waals surface area contributed by atoms with Crippen LogP contribution in [0.5, 0.6) is 0 Å². The number of carbonyl (C=O) groups is 3. The van der Waals surface area contributed by atoms with Gasteiger partial charge in [0.05, 0.1) is 5.41 Å². The third-order valence-electron chi connectivity index (χ3n) is 9.47. The molecule has 5 rings (SSSR count). The third-order valence-corrected chi connectivity index (χ3v) is 9.47. The molecule has 0 aromatic heterocycles. The lowest BCUT2D eigenvalue weighted by atomic mass is 9.75. The summed E-state index contributed by atoms with van der Waals surface area (Å²) in [6.07, 6.45) is 8.19. The van der Waals surface area contributed by atoms with Gasteiger partial charge in [-0.25, -0.2) is 0 Å². The van der Waals surface area contributed by atoms with Crippen LogP contribution in [0.4, 0.5) is 0 Å². The highest BCUT2D eigenvalue weighted by atomic mass is 16.2. The van der Waals surface area contributed by atoms with Crippen molar-refractivity contribution in [2.75, 3.05) is 6.54 Å². The van der Waals surface area contributed by atoms with Crippen molar-refractivity contribution in [1.29, 1.82) is 0 Å². The van der Waals surface area contributed by atoms with Crippen LogP contribution in [0.2, 0.25) is 0 Å². The fourth-order valence-corrected chi connectivity index (χ4v) is 6.35. The molecule has 0 bridgehead atoms. The van der Waals surface area contributed by atoms with Crippen molar-refractivity contribution < 1.29 is 14.4 Å². The molecular weight excluding hydrogens is 558 g/mol. The smallest absolute Gasteiger partial charge is 0.252 e. The van der Waals surface area contributed by atoms with Crippen LogP contribution in [0.1, 0.15) is 100 Å². The topological polar surface area (TPSA) is 87.3 Å². The SMILES string of the molecule is CC1(C(=O)N[C@H](C(=O)NC2CCCC2)c2ccccc2)CC=C(CNC(=O)c2ccccc2-c2ccc(C(C)(C)C)cc2)CC1. The van der Waals surface area contributed by atoms with Gasteiger partial charge in [0.2, 0.25) is 11.8 Å². The van der Waals surface area contributed by atoms with Crippen molar-refractivity contribution in [3.63, 3.8) is 0 Å². The van der Waals surface area contributed by atoms with Crippen LogP contribution in [-0.2, 0) is 15.0 Å². The second-order valence-corrected chi connectivity index (χ2v) is 14.0. The molecule has 2 aliphatic carbocycles. The molecule has 3 amide bonds. The second-order valence-electron chi connectivity index (χ2n) is 14.0. The zero-order chi connectivity index (χ0) is 32.0. The summed E-state index contributed by atoms with van der Waals surface area (Å²) in [4.78, 5) is 40.3. The van der Waals surface area contributed by atoms with Crippen molar-refractivity contribution in [2.45, 2.75) is 90.1 Å². The average Bonchev–Trinajstić information content (AvgIpc) is 3.56. The van der Waals surface area contributed by atoms with Crippen LogP contribution in [-0.4, -0.2) is 30.3 Å². The lowest BCUT2D eigenvalue weighted by Crippen LogP contribution is -2.48. The molecule has 0 aliphatic heterocycles. The van der Waals surface area contributed by atoms with E-state index in [0.717, 1.165) is 47.9 Å². The molecule has 0 heterocycles. The fourth-order valence-electron chi connectivity index (χ4n) is 6.35. The summed E-state index contributed by atoms with van der Waals surface area (Å²) in [6.45, 7) is 8.97. The van der Waals surface area contributed by atoms with Crippen molar-refractivity contribution >= 4 is 17.7 Å². The van der Waals surface area contributed by atoms with Crippen LogP contribution in [0, 0.1) is 5.41 Å². The summed E-state index contributed by atoms with van der Waals surface area (Å²) < 4.78 is 0. The van der Waals surface area contributed by atoms with Crippen LogP contribution in [0.3, 0.4) is 0 Å². The minimum absolute atomic E-state index is 0.0626. The Balaban J connectivity index is 1.21. The molecule has 3 aromatic carbocycles. The normalized spacial score (nSPS) is 19.3. The van der Waals surface area contributed by atoms with E-state index in [2.05, 4.69) is 67.1 Å². The van der Waals surface area contributed by atoms with Gasteiger partial charge in [-0.15, -0.1) is 0 Å². The summed E-state index contributed by atoms with van der Waals surface area (Å²) >= 11 is 0. The number of carbonyl (C=O) groups excluding carboxylic acids is 3. The van der Waals surface area contributed by atoms with Gasteiger partial charge in [-0.2, -0.15) is 0 Å². The maximum atomic E-state index is 13.7. The molecule has 6 nitrogen and oxygen atoms in total. The molecule has 236 valence electrons. The van der Waals surface area contributed by atoms with Crippen LogP contribution in [0.15, 0.2) is 90.5 Å². The summed E-state index contributed by atoms with van der Waals surface area (Å²) in [5, 5.41) is 9.36. The van der Waals surface area contributed by atoms with Gasteiger partial charge in [0, 0.05) is 18.2 Å². The Labute approximate surface area is 268 Å². The van der Waals surface area contributed by atoms with Gasteiger partial charge in [-0.3, -0.25) is 14.4 Å². The molecule has 1 fully saturated rings. The molecular formula is C39H47N3O3. The lowest BCUT2D eigenvalue weighted by molar-refractivity contribution is -0.135. The first-order chi connectivity index (χ1) is 21.5. The molecule has 1 unspecified atom stereocenters. The number of allylic oxidation sites excluding steroid dienone is 1. The quantitative estimate of drug-likeness (QED) is 0.222. The van der Waals surface area contributed by atoms with E-state index in [1.165, 1.54) is 5.56 Å². The van der Waals surface area contributed by atoms with Crippen LogP contribution < -0.4 is 16.0 Å². The monoisotopic (exact) mass is 605 g/mol. The van der Waals surface area contributed by atoms with Gasteiger partial charge >= 0.3 is 0 Å². The molecule has 6 heteroatoms. The lowest BCUT2D eigenvalue weighted by Gasteiger charge is -2.33. The van der Waals surface area contributed by atoms with Gasteiger partial charge in [0.25, 0.3) is 5.91 Å². The minimum Gasteiger partial charge on any atom is -0.351 e. The molecule has 0 spiro atoms. The maximum Gasteiger partial charge on any atom is 0.252 e. The highest BCUT2D eigenvalue weighted by Gasteiger charge is 2.37. The fraction of sp³-hybridized carbons (Fsp3) is 0.410. The Bertz CT molecular complexity index is 1530. The predicted octanol–water partition coefficient (Wildman–Crippen LogP) is 7.41. The zero-order valence-corrected chi connectivity index (χ0v) is 27.1. The standard InChI is InChI=1S/C39H47N3O3/c1-38(2,3)30-20-18-28(19-21-30)32-16-10-11-17-33(32)35(43)40-26-27-22-24-39(4,25-23-27)37(45)42-34(29-12-6-5-7-13-29)36(44)41-31-14-8-9-15-31/h5-7,10-13,16-22,31,34H,8-9,14-15,23-26H2,1-4H3,(H,40,43)(H,41,44)(H,42,45)/t34-,39?/m0/s1. The Morgan fingerprint density at radius 2 is 1.56 bits per heavy atom. The molecule has 2 aliphatic rings. The van der Waals surface area contributed by atoms with Gasteiger partial charge in [-0.1, -0.05) is 125 Å². The van der Waals surface area contributed by atoms with Crippen LogP contribution >= 0.6 is 0 Å². The number of rotatable bonds is 9. The van der Waals surface area contributed by atoms with E-state index in [4.69, 9.17) is 0 Å². The van der Waals surface area contributed by atoms with Crippen molar-refractivity contribution in [3.8, 4) is 11.1 Å². The maximum absolute atomic E-state index is 13.7. The predicted molar refractivity (Wildman–Crippen MR) is 181 cm³/mol. The van der Waals surface area contributed by atoms with Gasteiger partial charge in [-0.05, 0) is 65.8 Å². The molecule has 3 aromatic rings. The average molecular weight is 606 g/mol. The van der Waals surface area contributed by atoms with E-state index < -0.39 is 11.5 Å². The molecule has 45 heavy (non-hydrogen) atoms. The molecule has 2 atom stereocenters. The third kappa shape index (κ3) is 7.91. The Morgan fingerprint density at radius 3 is 2.20 bits per heavy atom. The van der Waals surface area contributed by atoms with E-state index in [0.29, 0.717) is 31.4 Å². The van der Waals surface area contributed by atoms with Crippen molar-refractivity contribution in [1.82, 2.24) is 16.0 Å². The first-order valence-corrected chi connectivity index (χ1v) is 16.4. The molecule has 0 radical (unpaired) electrons. The van der Waals surface area contributed by atoms with E-state index in [9.17, 15) is 14.4 Å². The molecule has 1 saturated carbocycles. The number of nitrogens with one attached hydrogen (secondary N) is 3. The molecule has 0 saturated heterocycles. The van der Waals surface area contributed by atoms with Gasteiger partial charge < -0.3 is 16.0 Å². The van der Waals surface area contributed by atoms with E-state index in [1.54, 1.807) is 0 Å². The van der Waals surface area contributed by atoms with Crippen molar-refractivity contribution in [3.05, 3.63) is 107 Å². The summed E-state index contributed by atoms with van der Waals surface area (Å²) in [5.41, 5.74) is 5.13. The number of hydrogen-bond acceptors (Lipinski definition) is 3. The summed E-state index contributed by atoms with van der Waals surface area (Å²) in [5.74, 6) is -0.384. The van der Waals surface area contributed by atoms with E-state index >= 15 is 0 Å². The second kappa shape index (κ2) is 13.8. The Kier molecular flexibility index (Phi) is 9.91. The first kappa shape index (κ1) is 32.2. The van der Waals surface area contributed by atoms with Gasteiger partial charge in [0.15, 0.2) is 0 Å². The Hall–Kier alpha value is -4.19. The zero-order valence-electron chi connectivity index (χ0n) is 27.1. The minimum atomic E-state index is -0.731. The molecule has 3 N–H and O–H groups in total. The van der Waals surface area contributed by atoms with E-state index in [1.807, 2.05) is 61.5 Å². The Morgan fingerprint density at radius 1 is 0.889 bits per heavy atom. The number of amides is 3. The van der Waals surface area contributed by atoms with E-state index in [-0.39, 0.29) is 29.2 Å². The van der Waals surface area contributed by atoms with Gasteiger partial charge in [0.1, 0.15) is 6.04 Å². The first-order valence-electron chi connectivity index (χ1n) is 16.4. The summed E-state index contributed by atoms with van der Waals surface area (Å²) in [6, 6.07) is 25.1. The van der Waals surface area contributed by atoms with Crippen molar-refractivity contribution in [2.24, 2.45) is 5.41 Å². The number of hydrogen-bond donors (Lipinski definition) is 3. The number of benzene rings is 3. The highest BCUT2D eigenvalue weighted by molar-refractivity contribution is 6.01. The highest BCUT2D eigenvalue weighted by Crippen LogP contribution is 2.36. The largest absolute Gasteiger partial charge is 0.351 e. The summed E-state index contributed by atoms with van der Waals surface area (Å²) in [7, 11) is 0.